The number of sulfonamides is 1. The first kappa shape index (κ1) is 22.4. The van der Waals surface area contributed by atoms with Gasteiger partial charge in [-0.15, -0.1) is 0 Å². The molecule has 1 amide bonds. The van der Waals surface area contributed by atoms with Gasteiger partial charge in [-0.3, -0.25) is 4.79 Å². The van der Waals surface area contributed by atoms with Crippen molar-refractivity contribution >= 4 is 33.4 Å². The molecule has 3 aromatic carbocycles. The third-order valence-corrected chi connectivity index (χ3v) is 9.86. The highest BCUT2D eigenvalue weighted by molar-refractivity contribution is 8.04. The number of allylic oxidation sites excluding steroid dienone is 1. The van der Waals surface area contributed by atoms with Gasteiger partial charge in [0, 0.05) is 29.1 Å². The maximum atomic E-state index is 13.2. The number of nitrogens with zero attached hydrogens (tertiary/aromatic N) is 1. The quantitative estimate of drug-likeness (QED) is 0.561. The molecule has 8 heteroatoms. The van der Waals surface area contributed by atoms with Gasteiger partial charge < -0.3 is 10.6 Å². The lowest BCUT2D eigenvalue weighted by Crippen LogP contribution is -2.39. The van der Waals surface area contributed by atoms with E-state index in [1.165, 1.54) is 38.0 Å². The normalized spacial score (nSPS) is 19.4. The van der Waals surface area contributed by atoms with Crippen LogP contribution in [0.4, 0.5) is 0 Å². The van der Waals surface area contributed by atoms with Crippen LogP contribution in [-0.2, 0) is 29.4 Å². The topological polar surface area (TPSA) is 78.5 Å². The molecule has 2 heterocycles. The fourth-order valence-corrected chi connectivity index (χ4v) is 7.51. The molecule has 1 aliphatic carbocycles. The van der Waals surface area contributed by atoms with Crippen molar-refractivity contribution < 1.29 is 13.2 Å². The average molecular weight is 504 g/mol. The second-order valence-electron chi connectivity index (χ2n) is 8.95. The first-order valence-electron chi connectivity index (χ1n) is 11.7. The number of hydrogen-bond donors (Lipinski definition) is 2. The van der Waals surface area contributed by atoms with Crippen LogP contribution in [0.2, 0.25) is 0 Å². The Balaban J connectivity index is 1.12. The standard InChI is InChI=1S/C27H25N3O3S2/c31-26(29-27-28-25-23-8-4-3-6-19(23)11-14-24(25)34-27)20-9-12-22(13-10-20)35(32,33)30-16-15-18-5-1-2-7-21(18)17-30/h1-10,12-13,27-28H,11,14-17H2,(H,29,31)/t27-/m0/s1. The Bertz CT molecular complexity index is 1450. The molecular weight excluding hydrogens is 478 g/mol. The van der Waals surface area contributed by atoms with Crippen molar-refractivity contribution in [1.29, 1.82) is 0 Å². The number of aryl methyl sites for hydroxylation is 1. The number of rotatable bonds is 4. The molecule has 3 aliphatic rings. The summed E-state index contributed by atoms with van der Waals surface area (Å²) in [6, 6.07) is 22.5. The maximum Gasteiger partial charge on any atom is 0.253 e. The largest absolute Gasteiger partial charge is 0.355 e. The van der Waals surface area contributed by atoms with Crippen molar-refractivity contribution in [2.45, 2.75) is 36.2 Å². The summed E-state index contributed by atoms with van der Waals surface area (Å²) in [5, 5.41) is 6.47. The van der Waals surface area contributed by atoms with Crippen molar-refractivity contribution in [3.05, 3.63) is 106 Å². The molecule has 0 saturated heterocycles. The van der Waals surface area contributed by atoms with Crippen LogP contribution in [0.1, 0.15) is 39.0 Å². The molecule has 3 aromatic rings. The van der Waals surface area contributed by atoms with Gasteiger partial charge in [-0.25, -0.2) is 8.42 Å². The fraction of sp³-hybridized carbons (Fsp3) is 0.222. The molecule has 0 spiro atoms. The van der Waals surface area contributed by atoms with E-state index in [1.54, 1.807) is 23.9 Å². The van der Waals surface area contributed by atoms with Gasteiger partial charge in [0.05, 0.1) is 10.6 Å². The summed E-state index contributed by atoms with van der Waals surface area (Å²) in [7, 11) is -3.63. The van der Waals surface area contributed by atoms with Crippen LogP contribution in [0.15, 0.2) is 82.6 Å². The van der Waals surface area contributed by atoms with Crippen molar-refractivity contribution in [1.82, 2.24) is 14.9 Å². The Labute approximate surface area is 209 Å². The van der Waals surface area contributed by atoms with E-state index in [0.29, 0.717) is 25.1 Å². The number of thioether (sulfide) groups is 1. The molecule has 35 heavy (non-hydrogen) atoms. The Morgan fingerprint density at radius 3 is 2.40 bits per heavy atom. The minimum absolute atomic E-state index is 0.204. The van der Waals surface area contributed by atoms with E-state index in [1.807, 2.05) is 24.3 Å². The van der Waals surface area contributed by atoms with E-state index >= 15 is 0 Å². The van der Waals surface area contributed by atoms with Gasteiger partial charge in [-0.2, -0.15) is 4.31 Å². The number of carbonyl (C=O) groups is 1. The van der Waals surface area contributed by atoms with E-state index in [0.717, 1.165) is 24.1 Å². The lowest BCUT2D eigenvalue weighted by Gasteiger charge is -2.28. The predicted octanol–water partition coefficient (Wildman–Crippen LogP) is 4.10. The van der Waals surface area contributed by atoms with E-state index in [9.17, 15) is 13.2 Å². The summed E-state index contributed by atoms with van der Waals surface area (Å²) in [5.74, 6) is -0.237. The Morgan fingerprint density at radius 1 is 0.886 bits per heavy atom. The highest BCUT2D eigenvalue weighted by Crippen LogP contribution is 2.41. The second kappa shape index (κ2) is 8.86. The number of fused-ring (bicyclic) bond motifs is 3. The molecular formula is C27H25N3O3S2. The van der Waals surface area contributed by atoms with E-state index in [4.69, 9.17) is 0 Å². The zero-order valence-corrected chi connectivity index (χ0v) is 20.7. The number of benzene rings is 3. The molecule has 0 fully saturated rings. The van der Waals surface area contributed by atoms with Gasteiger partial charge in [-0.1, -0.05) is 60.3 Å². The molecule has 0 unspecified atom stereocenters. The van der Waals surface area contributed by atoms with Gasteiger partial charge in [0.1, 0.15) is 0 Å². The summed E-state index contributed by atoms with van der Waals surface area (Å²) >= 11 is 1.64. The molecule has 178 valence electrons. The van der Waals surface area contributed by atoms with Gasteiger partial charge in [-0.05, 0) is 60.2 Å². The minimum Gasteiger partial charge on any atom is -0.355 e. The molecule has 1 atom stereocenters. The highest BCUT2D eigenvalue weighted by Gasteiger charge is 2.31. The van der Waals surface area contributed by atoms with Crippen molar-refractivity contribution in [2.75, 3.05) is 6.54 Å². The number of carbonyl (C=O) groups excluding carboxylic acids is 1. The van der Waals surface area contributed by atoms with Crippen LogP contribution in [0, 0.1) is 0 Å². The molecule has 0 radical (unpaired) electrons. The van der Waals surface area contributed by atoms with Crippen molar-refractivity contribution in [3.8, 4) is 0 Å². The predicted molar refractivity (Wildman–Crippen MR) is 138 cm³/mol. The SMILES string of the molecule is O=C(N[C@@H]1NC2=C(CCc3ccccc32)S1)c1ccc(S(=O)(=O)N2CCc3ccccc3C2)cc1. The van der Waals surface area contributed by atoms with E-state index < -0.39 is 10.0 Å². The number of hydrogen-bond acceptors (Lipinski definition) is 5. The van der Waals surface area contributed by atoms with Crippen LogP contribution in [0.25, 0.3) is 5.70 Å². The number of nitrogens with one attached hydrogen (secondary N) is 2. The molecule has 6 rings (SSSR count). The first-order chi connectivity index (χ1) is 17.0. The lowest BCUT2D eigenvalue weighted by molar-refractivity contribution is 0.0948. The summed E-state index contributed by atoms with van der Waals surface area (Å²) < 4.78 is 27.9. The minimum atomic E-state index is -3.63. The average Bonchev–Trinajstić information content (AvgIpc) is 3.31. The van der Waals surface area contributed by atoms with Gasteiger partial charge >= 0.3 is 0 Å². The monoisotopic (exact) mass is 503 g/mol. The molecule has 2 aliphatic heterocycles. The fourth-order valence-electron chi connectivity index (χ4n) is 4.95. The van der Waals surface area contributed by atoms with Crippen LogP contribution in [0.5, 0.6) is 0 Å². The summed E-state index contributed by atoms with van der Waals surface area (Å²) in [6.07, 6.45) is 2.66. The lowest BCUT2D eigenvalue weighted by atomic mass is 9.95. The Hall–Kier alpha value is -3.07. The van der Waals surface area contributed by atoms with Gasteiger partial charge in [0.15, 0.2) is 5.50 Å². The third kappa shape index (κ3) is 4.16. The van der Waals surface area contributed by atoms with Gasteiger partial charge in [0.25, 0.3) is 5.91 Å². The smallest absolute Gasteiger partial charge is 0.253 e. The number of amides is 1. The third-order valence-electron chi connectivity index (χ3n) is 6.83. The van der Waals surface area contributed by atoms with Crippen LogP contribution >= 0.6 is 11.8 Å². The summed E-state index contributed by atoms with van der Waals surface area (Å²) in [5.41, 5.74) is 6.04. The van der Waals surface area contributed by atoms with Crippen molar-refractivity contribution in [2.24, 2.45) is 0 Å². The summed E-state index contributed by atoms with van der Waals surface area (Å²) in [4.78, 5) is 14.4. The first-order valence-corrected chi connectivity index (χ1v) is 14.0. The zero-order chi connectivity index (χ0) is 24.0. The molecule has 0 aromatic heterocycles. The van der Waals surface area contributed by atoms with Gasteiger partial charge in [0.2, 0.25) is 10.0 Å². The van der Waals surface area contributed by atoms with Crippen LogP contribution in [0.3, 0.4) is 0 Å². The van der Waals surface area contributed by atoms with Crippen molar-refractivity contribution in [3.63, 3.8) is 0 Å². The molecule has 0 bridgehead atoms. The molecule has 0 saturated carbocycles. The highest BCUT2D eigenvalue weighted by atomic mass is 32.2. The maximum absolute atomic E-state index is 13.2. The second-order valence-corrected chi connectivity index (χ2v) is 12.1. The van der Waals surface area contributed by atoms with E-state index in [-0.39, 0.29) is 16.3 Å². The Morgan fingerprint density at radius 2 is 1.60 bits per heavy atom. The summed E-state index contributed by atoms with van der Waals surface area (Å²) in [6.45, 7) is 0.819. The molecule has 2 N–H and O–H groups in total. The van der Waals surface area contributed by atoms with E-state index in [2.05, 4.69) is 34.9 Å². The van der Waals surface area contributed by atoms with Crippen LogP contribution < -0.4 is 10.6 Å². The van der Waals surface area contributed by atoms with Crippen LogP contribution in [-0.4, -0.2) is 30.7 Å². The zero-order valence-electron chi connectivity index (χ0n) is 19.0. The Kier molecular flexibility index (Phi) is 5.67. The molecule has 6 nitrogen and oxygen atoms in total.